The lowest BCUT2D eigenvalue weighted by Gasteiger charge is -2.49. The van der Waals surface area contributed by atoms with Crippen molar-refractivity contribution in [1.82, 2.24) is 9.55 Å². The standard InChI is InChI=1S/C32H34N2O2S/c1-32-15-14-24-23-13-11-22(36-2)17-21(23)10-12-25(24)26(32)18-27-29(32)28-30(37-27)33-19-34(31(28)35)16-6-9-20-7-4-3-5-8-20/h3-5,7-8,11,13,17,19,24-26H,6,9-10,12,14-16,18H2,1-2H3/t24-,25+,26-,32-/m1/s1. The average Bonchev–Trinajstić information content (AvgIpc) is 3.44. The fourth-order valence-corrected chi connectivity index (χ4v) is 9.30. The molecule has 3 aliphatic rings. The molecule has 2 aromatic carbocycles. The topological polar surface area (TPSA) is 44.1 Å². The van der Waals surface area contributed by atoms with Crippen LogP contribution in [0.1, 0.15) is 65.7 Å². The first kappa shape index (κ1) is 23.2. The number of rotatable bonds is 5. The Kier molecular flexibility index (Phi) is 5.54. The van der Waals surface area contributed by atoms with Gasteiger partial charge in [0.15, 0.2) is 0 Å². The third kappa shape index (κ3) is 3.61. The van der Waals surface area contributed by atoms with Crippen molar-refractivity contribution in [3.63, 3.8) is 0 Å². The second-order valence-corrected chi connectivity index (χ2v) is 12.6. The lowest BCUT2D eigenvalue weighted by Crippen LogP contribution is -2.43. The number of hydrogen-bond donors (Lipinski definition) is 0. The lowest BCUT2D eigenvalue weighted by molar-refractivity contribution is 0.106. The predicted octanol–water partition coefficient (Wildman–Crippen LogP) is 6.67. The van der Waals surface area contributed by atoms with E-state index in [2.05, 4.69) is 49.4 Å². The molecule has 0 unspecified atom stereocenters. The summed E-state index contributed by atoms with van der Waals surface area (Å²) in [5, 5.41) is 0.923. The van der Waals surface area contributed by atoms with Gasteiger partial charge in [0, 0.05) is 11.4 Å². The van der Waals surface area contributed by atoms with Gasteiger partial charge in [-0.2, -0.15) is 0 Å². The van der Waals surface area contributed by atoms with Gasteiger partial charge in [0.05, 0.1) is 18.8 Å². The number of methoxy groups -OCH3 is 1. The van der Waals surface area contributed by atoms with Gasteiger partial charge in [0.2, 0.25) is 0 Å². The van der Waals surface area contributed by atoms with E-state index in [9.17, 15) is 4.79 Å². The molecule has 2 heterocycles. The molecule has 0 saturated heterocycles. The maximum atomic E-state index is 13.8. The second kappa shape index (κ2) is 8.83. The highest BCUT2D eigenvalue weighted by Gasteiger charge is 2.54. The number of thiophene rings is 1. The Balaban J connectivity index is 1.19. The molecular weight excluding hydrogens is 476 g/mol. The van der Waals surface area contributed by atoms with Crippen LogP contribution in [-0.2, 0) is 31.2 Å². The largest absolute Gasteiger partial charge is 0.497 e. The molecule has 0 radical (unpaired) electrons. The van der Waals surface area contributed by atoms with E-state index >= 15 is 0 Å². The van der Waals surface area contributed by atoms with Crippen LogP contribution in [0.3, 0.4) is 0 Å². The van der Waals surface area contributed by atoms with Gasteiger partial charge in [-0.1, -0.05) is 43.3 Å². The van der Waals surface area contributed by atoms with Crippen LogP contribution < -0.4 is 10.3 Å². The number of nitrogens with zero attached hydrogens (tertiary/aromatic N) is 2. The fourth-order valence-electron chi connectivity index (χ4n) is 7.97. The predicted molar refractivity (Wildman–Crippen MR) is 150 cm³/mol. The molecule has 0 N–H and O–H groups in total. The third-order valence-electron chi connectivity index (χ3n) is 9.76. The summed E-state index contributed by atoms with van der Waals surface area (Å²) in [6.07, 6.45) is 9.51. The molecule has 7 rings (SSSR count). The molecule has 2 aromatic heterocycles. The van der Waals surface area contributed by atoms with Crippen molar-refractivity contribution >= 4 is 21.6 Å². The molecule has 4 nitrogen and oxygen atoms in total. The molecule has 3 aliphatic carbocycles. The summed E-state index contributed by atoms with van der Waals surface area (Å²) in [4.78, 5) is 21.0. The monoisotopic (exact) mass is 510 g/mol. The number of aryl methyl sites for hydroxylation is 3. The van der Waals surface area contributed by atoms with Crippen LogP contribution in [0.5, 0.6) is 5.75 Å². The van der Waals surface area contributed by atoms with Crippen molar-refractivity contribution in [3.05, 3.63) is 92.3 Å². The SMILES string of the molecule is COc1ccc2c(c1)CC[C@H]1[C@@H]2CC[C@@]2(C)c3c(sc4ncn(CCCc5ccccc5)c(=O)c34)C[C@H]12. The Labute approximate surface area is 222 Å². The van der Waals surface area contributed by atoms with Gasteiger partial charge in [-0.25, -0.2) is 4.98 Å². The maximum absolute atomic E-state index is 13.8. The van der Waals surface area contributed by atoms with E-state index in [0.717, 1.165) is 48.1 Å². The average molecular weight is 511 g/mol. The number of ether oxygens (including phenoxy) is 1. The molecule has 190 valence electrons. The van der Waals surface area contributed by atoms with Crippen molar-refractivity contribution in [1.29, 1.82) is 0 Å². The molecule has 4 aromatic rings. The zero-order valence-electron chi connectivity index (χ0n) is 21.7. The van der Waals surface area contributed by atoms with Crippen LogP contribution in [0.4, 0.5) is 0 Å². The first-order chi connectivity index (χ1) is 18.1. The number of aromatic nitrogens is 2. The van der Waals surface area contributed by atoms with Crippen molar-refractivity contribution in [3.8, 4) is 5.75 Å². The molecule has 1 fully saturated rings. The zero-order valence-corrected chi connectivity index (χ0v) is 22.5. The lowest BCUT2D eigenvalue weighted by atomic mass is 9.55. The summed E-state index contributed by atoms with van der Waals surface area (Å²) in [5.41, 5.74) is 5.93. The summed E-state index contributed by atoms with van der Waals surface area (Å²) in [5.74, 6) is 2.89. The Bertz CT molecular complexity index is 1540. The molecule has 5 heteroatoms. The summed E-state index contributed by atoms with van der Waals surface area (Å²) in [6.45, 7) is 3.17. The molecule has 0 aliphatic heterocycles. The second-order valence-electron chi connectivity index (χ2n) is 11.6. The van der Waals surface area contributed by atoms with E-state index in [1.165, 1.54) is 34.4 Å². The Hall–Kier alpha value is -2.92. The van der Waals surface area contributed by atoms with Crippen molar-refractivity contribution in [2.45, 2.75) is 69.7 Å². The van der Waals surface area contributed by atoms with Crippen LogP contribution in [0.25, 0.3) is 10.2 Å². The maximum Gasteiger partial charge on any atom is 0.262 e. The molecule has 0 bridgehead atoms. The van der Waals surface area contributed by atoms with E-state index in [1.807, 2.05) is 10.6 Å². The van der Waals surface area contributed by atoms with Crippen LogP contribution in [0, 0.1) is 11.8 Å². The summed E-state index contributed by atoms with van der Waals surface area (Å²) >= 11 is 1.78. The minimum absolute atomic E-state index is 0.0722. The minimum atomic E-state index is 0.0722. The quantitative estimate of drug-likeness (QED) is 0.301. The normalized spacial score (nSPS) is 25.8. The van der Waals surface area contributed by atoms with Gasteiger partial charge in [-0.15, -0.1) is 11.3 Å². The third-order valence-corrected chi connectivity index (χ3v) is 10.9. The van der Waals surface area contributed by atoms with Crippen molar-refractivity contribution < 1.29 is 4.74 Å². The summed E-state index contributed by atoms with van der Waals surface area (Å²) in [6, 6.07) is 17.2. The van der Waals surface area contributed by atoms with Gasteiger partial charge in [-0.3, -0.25) is 9.36 Å². The van der Waals surface area contributed by atoms with Crippen LogP contribution in [0.15, 0.2) is 59.7 Å². The number of benzene rings is 2. The first-order valence-electron chi connectivity index (χ1n) is 13.8. The highest BCUT2D eigenvalue weighted by atomic mass is 32.1. The first-order valence-corrected chi connectivity index (χ1v) is 14.6. The smallest absolute Gasteiger partial charge is 0.262 e. The molecule has 0 amide bonds. The highest BCUT2D eigenvalue weighted by Crippen LogP contribution is 2.62. The van der Waals surface area contributed by atoms with Crippen LogP contribution in [0.2, 0.25) is 0 Å². The van der Waals surface area contributed by atoms with Gasteiger partial charge in [0.1, 0.15) is 10.6 Å². The number of hydrogen-bond acceptors (Lipinski definition) is 4. The molecule has 4 atom stereocenters. The van der Waals surface area contributed by atoms with Gasteiger partial charge < -0.3 is 4.74 Å². The summed E-state index contributed by atoms with van der Waals surface area (Å²) in [7, 11) is 1.76. The highest BCUT2D eigenvalue weighted by molar-refractivity contribution is 7.18. The molecule has 0 spiro atoms. The van der Waals surface area contributed by atoms with Gasteiger partial charge in [0.25, 0.3) is 5.56 Å². The van der Waals surface area contributed by atoms with Crippen molar-refractivity contribution in [2.75, 3.05) is 7.11 Å². The zero-order chi connectivity index (χ0) is 25.1. The van der Waals surface area contributed by atoms with E-state index in [1.54, 1.807) is 30.3 Å². The Morgan fingerprint density at radius 1 is 1.16 bits per heavy atom. The minimum Gasteiger partial charge on any atom is -0.497 e. The number of fused-ring (bicyclic) bond motifs is 9. The van der Waals surface area contributed by atoms with Gasteiger partial charge in [-0.05, 0) is 103 Å². The van der Waals surface area contributed by atoms with E-state index in [0.29, 0.717) is 24.3 Å². The van der Waals surface area contributed by atoms with Gasteiger partial charge >= 0.3 is 0 Å². The Morgan fingerprint density at radius 3 is 2.86 bits per heavy atom. The van der Waals surface area contributed by atoms with E-state index in [4.69, 9.17) is 9.72 Å². The van der Waals surface area contributed by atoms with Crippen LogP contribution in [-0.4, -0.2) is 16.7 Å². The van der Waals surface area contributed by atoms with E-state index < -0.39 is 0 Å². The van der Waals surface area contributed by atoms with E-state index in [-0.39, 0.29) is 11.0 Å². The molecule has 37 heavy (non-hydrogen) atoms. The summed E-state index contributed by atoms with van der Waals surface area (Å²) < 4.78 is 7.37. The van der Waals surface area contributed by atoms with Crippen LogP contribution >= 0.6 is 11.3 Å². The molecule has 1 saturated carbocycles. The molecular formula is C32H34N2O2S. The Morgan fingerprint density at radius 2 is 2.03 bits per heavy atom. The fraction of sp³-hybridized carbons (Fsp3) is 0.438. The van der Waals surface area contributed by atoms with Crippen molar-refractivity contribution in [2.24, 2.45) is 11.8 Å².